The second-order valence-electron chi connectivity index (χ2n) is 9.81. The largest absolute Gasteiger partial charge is 0.406 e. The van der Waals surface area contributed by atoms with Gasteiger partial charge in [0.05, 0.1) is 6.33 Å². The lowest BCUT2D eigenvalue weighted by atomic mass is 10.3. The van der Waals surface area contributed by atoms with Gasteiger partial charge in [0.15, 0.2) is 11.2 Å². The van der Waals surface area contributed by atoms with Crippen LogP contribution < -0.4 is 21.5 Å². The van der Waals surface area contributed by atoms with Crippen molar-refractivity contribution in [2.24, 2.45) is 18.9 Å². The van der Waals surface area contributed by atoms with E-state index < -0.39 is 35.9 Å². The Bertz CT molecular complexity index is 1700. The number of hydrogen-bond donors (Lipinski definition) is 1. The maximum absolute atomic E-state index is 13.0. The number of alkyl halides is 3. The number of hydrogen-bond acceptors (Lipinski definition) is 9. The average Bonchev–Trinajstić information content (AvgIpc) is 3.29. The lowest BCUT2D eigenvalue weighted by Gasteiger charge is -2.17. The quantitative estimate of drug-likeness (QED) is 0.378. The first-order valence-corrected chi connectivity index (χ1v) is 12.9. The number of rotatable bonds is 6. The van der Waals surface area contributed by atoms with Gasteiger partial charge >= 0.3 is 11.9 Å². The third kappa shape index (κ3) is 4.57. The lowest BCUT2D eigenvalue weighted by molar-refractivity contribution is -0.142. The van der Waals surface area contributed by atoms with Gasteiger partial charge in [0.2, 0.25) is 11.9 Å². The van der Waals surface area contributed by atoms with Gasteiger partial charge in [0.25, 0.3) is 5.56 Å². The van der Waals surface area contributed by atoms with Crippen LogP contribution in [0.4, 0.5) is 24.9 Å². The molecular formula is C23H22F3N9O3S. The Morgan fingerprint density at radius 2 is 1.87 bits per heavy atom. The van der Waals surface area contributed by atoms with Crippen LogP contribution in [0.2, 0.25) is 0 Å². The second-order valence-corrected chi connectivity index (χ2v) is 10.7. The van der Waals surface area contributed by atoms with E-state index in [2.05, 4.69) is 30.2 Å². The highest BCUT2D eigenvalue weighted by molar-refractivity contribution is 7.13. The van der Waals surface area contributed by atoms with Gasteiger partial charge in [0, 0.05) is 43.5 Å². The number of thiazole rings is 1. The molecule has 2 fully saturated rings. The summed E-state index contributed by atoms with van der Waals surface area (Å²) >= 11 is 1.28. The normalized spacial score (nSPS) is 19.4. The topological polar surface area (TPSA) is 133 Å². The van der Waals surface area contributed by atoms with Crippen molar-refractivity contribution >= 4 is 40.2 Å². The summed E-state index contributed by atoms with van der Waals surface area (Å²) in [5.74, 6) is 1.87. The number of anilines is 2. The summed E-state index contributed by atoms with van der Waals surface area (Å²) in [5.41, 5.74) is -2.08. The van der Waals surface area contributed by atoms with E-state index in [1.807, 2.05) is 0 Å². The molecule has 0 spiro atoms. The molecule has 39 heavy (non-hydrogen) atoms. The van der Waals surface area contributed by atoms with Crippen LogP contribution in [0, 0.1) is 11.8 Å². The number of halogens is 3. The summed E-state index contributed by atoms with van der Waals surface area (Å²) < 4.78 is 41.1. The average molecular weight is 562 g/mol. The number of amides is 1. The molecule has 0 bridgehead atoms. The van der Waals surface area contributed by atoms with Gasteiger partial charge in [-0.25, -0.2) is 29.3 Å². The Balaban J connectivity index is 1.20. The van der Waals surface area contributed by atoms with Crippen molar-refractivity contribution in [2.75, 3.05) is 23.3 Å². The molecule has 16 heteroatoms. The molecule has 1 aliphatic carbocycles. The van der Waals surface area contributed by atoms with Crippen LogP contribution in [0.3, 0.4) is 0 Å². The highest BCUT2D eigenvalue weighted by atomic mass is 32.1. The maximum atomic E-state index is 13.0. The predicted molar refractivity (Wildman–Crippen MR) is 136 cm³/mol. The molecule has 4 aromatic heterocycles. The van der Waals surface area contributed by atoms with Crippen LogP contribution in [0.1, 0.15) is 19.4 Å². The Kier molecular flexibility index (Phi) is 5.82. The second kappa shape index (κ2) is 9.00. The van der Waals surface area contributed by atoms with E-state index in [1.165, 1.54) is 31.7 Å². The van der Waals surface area contributed by atoms with E-state index in [4.69, 9.17) is 0 Å². The van der Waals surface area contributed by atoms with Crippen molar-refractivity contribution in [1.29, 1.82) is 0 Å². The maximum Gasteiger partial charge on any atom is 0.406 e. The fourth-order valence-electron chi connectivity index (χ4n) is 4.88. The van der Waals surface area contributed by atoms with Crippen molar-refractivity contribution in [3.8, 4) is 10.6 Å². The number of piperidine rings is 1. The third-order valence-electron chi connectivity index (χ3n) is 7.09. The van der Waals surface area contributed by atoms with E-state index in [-0.39, 0.29) is 21.5 Å². The number of nitrogens with zero attached hydrogens (tertiary/aromatic N) is 8. The molecule has 3 atom stereocenters. The number of fused-ring (bicyclic) bond motifs is 2. The number of carbonyl (C=O) groups is 1. The van der Waals surface area contributed by atoms with Crippen LogP contribution in [0.15, 0.2) is 33.7 Å². The van der Waals surface area contributed by atoms with Crippen LogP contribution >= 0.6 is 11.3 Å². The van der Waals surface area contributed by atoms with Crippen molar-refractivity contribution in [2.45, 2.75) is 32.1 Å². The number of nitrogens with one attached hydrogen (secondary N) is 1. The molecule has 1 N–H and O–H groups in total. The number of aromatic nitrogens is 7. The zero-order chi connectivity index (χ0) is 27.6. The minimum atomic E-state index is -4.79. The van der Waals surface area contributed by atoms with E-state index >= 15 is 0 Å². The van der Waals surface area contributed by atoms with Crippen LogP contribution in [0.25, 0.3) is 21.7 Å². The first kappa shape index (κ1) is 25.2. The van der Waals surface area contributed by atoms with E-state index in [1.54, 1.807) is 17.8 Å². The summed E-state index contributed by atoms with van der Waals surface area (Å²) in [4.78, 5) is 57.7. The molecule has 6 rings (SSSR count). The van der Waals surface area contributed by atoms with Crippen LogP contribution in [-0.4, -0.2) is 58.8 Å². The SMILES string of the molecule is C[C@@H](C(=O)Nc1csc(-c2cnc(N3CC4CC4C3)nc2)n1)n1cnc2c1c(=O)n(CC(F)(F)F)c(=O)n2C. The summed E-state index contributed by atoms with van der Waals surface area (Å²) in [5, 5.41) is 4.88. The van der Waals surface area contributed by atoms with Crippen molar-refractivity contribution in [3.63, 3.8) is 0 Å². The summed E-state index contributed by atoms with van der Waals surface area (Å²) in [6.07, 6.45) is 1.01. The lowest BCUT2D eigenvalue weighted by Crippen LogP contribution is -2.43. The molecule has 4 aromatic rings. The standard InChI is InChI=1S/C23H22F3N9O3S/c1-11(35-10-29-17-16(35)20(37)34(9-23(24,25)26)22(38)32(17)2)18(36)30-15-8-39-19(31-15)14-4-27-21(28-5-14)33-6-12-3-13(12)7-33/h4-5,8,10-13H,3,6-7,9H2,1-2H3,(H,30,36)/t11-,12?,13?/m0/s1. The van der Waals surface area contributed by atoms with Gasteiger partial charge in [-0.05, 0) is 25.2 Å². The predicted octanol–water partition coefficient (Wildman–Crippen LogP) is 2.03. The molecule has 0 radical (unpaired) electrons. The summed E-state index contributed by atoms with van der Waals surface area (Å²) in [6.45, 7) is 1.66. The van der Waals surface area contributed by atoms with E-state index in [0.29, 0.717) is 16.5 Å². The fraction of sp³-hybridized carbons (Fsp3) is 0.435. The van der Waals surface area contributed by atoms with Gasteiger partial charge in [-0.1, -0.05) is 0 Å². The molecule has 1 saturated heterocycles. The molecule has 5 heterocycles. The summed E-state index contributed by atoms with van der Waals surface area (Å²) in [6, 6.07) is -1.06. The Hall–Kier alpha value is -4.08. The summed E-state index contributed by atoms with van der Waals surface area (Å²) in [7, 11) is 1.21. The molecule has 204 valence electrons. The van der Waals surface area contributed by atoms with Crippen LogP contribution in [0.5, 0.6) is 0 Å². The van der Waals surface area contributed by atoms with Gasteiger partial charge in [-0.2, -0.15) is 13.2 Å². The molecule has 2 aliphatic rings. The third-order valence-corrected chi connectivity index (χ3v) is 7.99. The van der Waals surface area contributed by atoms with Crippen molar-refractivity contribution in [3.05, 3.63) is 44.9 Å². The van der Waals surface area contributed by atoms with E-state index in [0.717, 1.165) is 40.4 Å². The zero-order valence-corrected chi connectivity index (χ0v) is 21.5. The minimum Gasteiger partial charge on any atom is -0.340 e. The first-order valence-electron chi connectivity index (χ1n) is 12.1. The molecule has 1 saturated carbocycles. The number of aryl methyl sites for hydroxylation is 1. The monoisotopic (exact) mass is 561 g/mol. The molecule has 1 aliphatic heterocycles. The van der Waals surface area contributed by atoms with Crippen molar-refractivity contribution in [1.82, 2.24) is 33.6 Å². The smallest absolute Gasteiger partial charge is 0.340 e. The number of carbonyl (C=O) groups excluding carboxylic acids is 1. The highest BCUT2D eigenvalue weighted by Crippen LogP contribution is 2.45. The minimum absolute atomic E-state index is 0.0810. The van der Waals surface area contributed by atoms with Gasteiger partial charge < -0.3 is 14.8 Å². The zero-order valence-electron chi connectivity index (χ0n) is 20.7. The Morgan fingerprint density at radius 1 is 1.18 bits per heavy atom. The molecule has 1 amide bonds. The van der Waals surface area contributed by atoms with E-state index in [9.17, 15) is 27.6 Å². The van der Waals surface area contributed by atoms with Crippen LogP contribution in [-0.2, 0) is 18.4 Å². The van der Waals surface area contributed by atoms with Crippen molar-refractivity contribution < 1.29 is 18.0 Å². The Morgan fingerprint density at radius 3 is 2.54 bits per heavy atom. The van der Waals surface area contributed by atoms with Gasteiger partial charge in [0.1, 0.15) is 23.4 Å². The highest BCUT2D eigenvalue weighted by Gasteiger charge is 2.45. The number of imidazole rings is 1. The fourth-order valence-corrected chi connectivity index (χ4v) is 5.61. The molecule has 0 aromatic carbocycles. The van der Waals surface area contributed by atoms with Gasteiger partial charge in [-0.15, -0.1) is 11.3 Å². The molecule has 2 unspecified atom stereocenters. The first-order chi connectivity index (χ1) is 18.5. The molecular weight excluding hydrogens is 539 g/mol. The Labute approximate surface area is 221 Å². The van der Waals surface area contributed by atoms with Gasteiger partial charge in [-0.3, -0.25) is 14.2 Å². The molecule has 12 nitrogen and oxygen atoms in total.